The van der Waals surface area contributed by atoms with Crippen molar-refractivity contribution in [2.45, 2.75) is 38.3 Å². The molecule has 2 rings (SSSR count). The van der Waals surface area contributed by atoms with E-state index in [9.17, 15) is 0 Å². The second kappa shape index (κ2) is 6.52. The van der Waals surface area contributed by atoms with Crippen LogP contribution in [0.15, 0.2) is 18.5 Å². The molecule has 1 aliphatic rings. The number of aromatic nitrogens is 1. The van der Waals surface area contributed by atoms with E-state index in [4.69, 9.17) is 16.2 Å². The van der Waals surface area contributed by atoms with E-state index in [2.05, 4.69) is 23.7 Å². The van der Waals surface area contributed by atoms with Crippen molar-refractivity contribution >= 4 is 5.69 Å². The topological polar surface area (TPSA) is 77.4 Å². The van der Waals surface area contributed by atoms with Gasteiger partial charge in [0.15, 0.2) is 0 Å². The Kier molecular flexibility index (Phi) is 4.96. The average Bonchev–Trinajstić information content (AvgIpc) is 2.49. The van der Waals surface area contributed by atoms with Crippen LogP contribution in [0.4, 0.5) is 5.69 Å². The lowest BCUT2D eigenvalue weighted by Gasteiger charge is -2.46. The third-order valence-corrected chi connectivity index (χ3v) is 4.63. The van der Waals surface area contributed by atoms with E-state index in [1.54, 1.807) is 6.20 Å². The van der Waals surface area contributed by atoms with Crippen LogP contribution in [-0.2, 0) is 11.2 Å². The zero-order valence-corrected chi connectivity index (χ0v) is 12.5. The van der Waals surface area contributed by atoms with Crippen molar-refractivity contribution in [1.82, 2.24) is 9.88 Å². The molecule has 20 heavy (non-hydrogen) atoms. The van der Waals surface area contributed by atoms with Gasteiger partial charge in [-0.1, -0.05) is 6.92 Å². The molecule has 112 valence electrons. The highest BCUT2D eigenvalue weighted by molar-refractivity contribution is 5.44. The largest absolute Gasteiger partial charge is 0.398 e. The van der Waals surface area contributed by atoms with Gasteiger partial charge >= 0.3 is 0 Å². The first kappa shape index (κ1) is 15.2. The summed E-state index contributed by atoms with van der Waals surface area (Å²) < 4.78 is 5.44. The number of nitrogens with zero attached hydrogens (tertiary/aromatic N) is 2. The molecule has 0 saturated carbocycles. The standard InChI is InChI=1S/C15H26N4O/c1-3-15(2,19-6-8-20-9-7-19)14(17)10-12-11-18-5-4-13(12)16/h4-5,11,14H,3,6-10,17H2,1-2H3,(H2,16,18). The summed E-state index contributed by atoms with van der Waals surface area (Å²) in [5.41, 5.74) is 14.3. The molecule has 5 heteroatoms. The van der Waals surface area contributed by atoms with Crippen LogP contribution >= 0.6 is 0 Å². The lowest BCUT2D eigenvalue weighted by atomic mass is 9.84. The Morgan fingerprint density at radius 3 is 2.75 bits per heavy atom. The minimum absolute atomic E-state index is 0.0251. The van der Waals surface area contributed by atoms with E-state index in [-0.39, 0.29) is 11.6 Å². The van der Waals surface area contributed by atoms with Gasteiger partial charge in [0.25, 0.3) is 0 Å². The van der Waals surface area contributed by atoms with Crippen molar-refractivity contribution in [3.8, 4) is 0 Å². The van der Waals surface area contributed by atoms with Gasteiger partial charge in [-0.25, -0.2) is 0 Å². The fourth-order valence-electron chi connectivity index (χ4n) is 2.86. The van der Waals surface area contributed by atoms with Crippen LogP contribution in [0.2, 0.25) is 0 Å². The SMILES string of the molecule is CCC(C)(C(N)Cc1cnccc1N)N1CCOCC1. The molecule has 2 atom stereocenters. The van der Waals surface area contributed by atoms with Gasteiger partial charge in [0, 0.05) is 42.8 Å². The average molecular weight is 278 g/mol. The normalized spacial score (nSPS) is 21.4. The Morgan fingerprint density at radius 2 is 2.15 bits per heavy atom. The first-order valence-corrected chi connectivity index (χ1v) is 7.34. The lowest BCUT2D eigenvalue weighted by Crippen LogP contribution is -2.61. The van der Waals surface area contributed by atoms with Crippen molar-refractivity contribution in [1.29, 1.82) is 0 Å². The number of rotatable bonds is 5. The molecule has 1 fully saturated rings. The number of hydrogen-bond donors (Lipinski definition) is 2. The van der Waals surface area contributed by atoms with Crippen LogP contribution in [0.1, 0.15) is 25.8 Å². The summed E-state index contributed by atoms with van der Waals surface area (Å²) in [5, 5.41) is 0. The van der Waals surface area contributed by atoms with Crippen molar-refractivity contribution in [3.63, 3.8) is 0 Å². The van der Waals surface area contributed by atoms with E-state index < -0.39 is 0 Å². The second-order valence-electron chi connectivity index (χ2n) is 5.70. The molecule has 2 heterocycles. The van der Waals surface area contributed by atoms with Crippen LogP contribution in [0.3, 0.4) is 0 Å². The molecular formula is C15H26N4O. The molecule has 1 aromatic heterocycles. The van der Waals surface area contributed by atoms with Crippen molar-refractivity contribution in [3.05, 3.63) is 24.0 Å². The highest BCUT2D eigenvalue weighted by atomic mass is 16.5. The third-order valence-electron chi connectivity index (χ3n) is 4.63. The van der Waals surface area contributed by atoms with Crippen molar-refractivity contribution in [2.75, 3.05) is 32.0 Å². The highest BCUT2D eigenvalue weighted by Gasteiger charge is 2.37. The second-order valence-corrected chi connectivity index (χ2v) is 5.70. The fraction of sp³-hybridized carbons (Fsp3) is 0.667. The van der Waals surface area contributed by atoms with E-state index in [1.807, 2.05) is 12.3 Å². The maximum absolute atomic E-state index is 6.53. The van der Waals surface area contributed by atoms with Gasteiger partial charge in [-0.05, 0) is 31.4 Å². The van der Waals surface area contributed by atoms with Crippen molar-refractivity contribution < 1.29 is 4.74 Å². The van der Waals surface area contributed by atoms with Gasteiger partial charge < -0.3 is 16.2 Å². The number of morpholine rings is 1. The lowest BCUT2D eigenvalue weighted by molar-refractivity contribution is -0.0272. The van der Waals surface area contributed by atoms with E-state index in [1.165, 1.54) is 0 Å². The van der Waals surface area contributed by atoms with Gasteiger partial charge in [-0.3, -0.25) is 9.88 Å². The maximum atomic E-state index is 6.53. The van der Waals surface area contributed by atoms with Crippen LogP contribution in [0.25, 0.3) is 0 Å². The number of nitrogen functional groups attached to an aromatic ring is 1. The molecule has 0 bridgehead atoms. The summed E-state index contributed by atoms with van der Waals surface area (Å²) in [7, 11) is 0. The molecule has 0 amide bonds. The molecule has 1 aromatic rings. The number of nitrogens with two attached hydrogens (primary N) is 2. The summed E-state index contributed by atoms with van der Waals surface area (Å²) >= 11 is 0. The van der Waals surface area contributed by atoms with E-state index in [0.29, 0.717) is 0 Å². The van der Waals surface area contributed by atoms with Crippen LogP contribution in [0, 0.1) is 0 Å². The molecule has 0 aromatic carbocycles. The molecule has 1 saturated heterocycles. The fourth-order valence-corrected chi connectivity index (χ4v) is 2.86. The summed E-state index contributed by atoms with van der Waals surface area (Å²) in [6.45, 7) is 7.91. The number of ether oxygens (including phenoxy) is 1. The molecule has 1 aliphatic heterocycles. The van der Waals surface area contributed by atoms with Gasteiger partial charge in [0.05, 0.1) is 13.2 Å². The minimum Gasteiger partial charge on any atom is -0.398 e. The molecule has 2 unspecified atom stereocenters. The van der Waals surface area contributed by atoms with Crippen LogP contribution in [0.5, 0.6) is 0 Å². The smallest absolute Gasteiger partial charge is 0.0594 e. The monoisotopic (exact) mass is 278 g/mol. The quantitative estimate of drug-likeness (QED) is 0.841. The van der Waals surface area contributed by atoms with Crippen molar-refractivity contribution in [2.24, 2.45) is 5.73 Å². The first-order chi connectivity index (χ1) is 9.58. The number of hydrogen-bond acceptors (Lipinski definition) is 5. The molecule has 0 radical (unpaired) electrons. The Hall–Kier alpha value is -1.17. The molecule has 0 spiro atoms. The van der Waals surface area contributed by atoms with Gasteiger partial charge in [0.1, 0.15) is 0 Å². The van der Waals surface area contributed by atoms with Crippen LogP contribution in [-0.4, -0.2) is 47.8 Å². The summed E-state index contributed by atoms with van der Waals surface area (Å²) in [6.07, 6.45) is 5.30. The summed E-state index contributed by atoms with van der Waals surface area (Å²) in [4.78, 5) is 6.60. The van der Waals surface area contributed by atoms with E-state index >= 15 is 0 Å². The highest BCUT2D eigenvalue weighted by Crippen LogP contribution is 2.26. The number of anilines is 1. The predicted molar refractivity (Wildman–Crippen MR) is 81.4 cm³/mol. The summed E-state index contributed by atoms with van der Waals surface area (Å²) in [5.74, 6) is 0. The third kappa shape index (κ3) is 3.11. The minimum atomic E-state index is -0.0357. The summed E-state index contributed by atoms with van der Waals surface area (Å²) in [6, 6.07) is 1.86. The van der Waals surface area contributed by atoms with Gasteiger partial charge in [-0.15, -0.1) is 0 Å². The van der Waals surface area contributed by atoms with Gasteiger partial charge in [-0.2, -0.15) is 0 Å². The number of pyridine rings is 1. The Bertz CT molecular complexity index is 434. The molecule has 0 aliphatic carbocycles. The van der Waals surface area contributed by atoms with Crippen LogP contribution < -0.4 is 11.5 Å². The molecular weight excluding hydrogens is 252 g/mol. The zero-order valence-electron chi connectivity index (χ0n) is 12.5. The Morgan fingerprint density at radius 1 is 1.45 bits per heavy atom. The zero-order chi connectivity index (χ0) is 14.6. The maximum Gasteiger partial charge on any atom is 0.0594 e. The molecule has 5 nitrogen and oxygen atoms in total. The first-order valence-electron chi connectivity index (χ1n) is 7.34. The predicted octanol–water partition coefficient (Wildman–Crippen LogP) is 1.03. The van der Waals surface area contributed by atoms with E-state index in [0.717, 1.165) is 50.4 Å². The van der Waals surface area contributed by atoms with Gasteiger partial charge in [0.2, 0.25) is 0 Å². The Balaban J connectivity index is 2.11. The molecule has 4 N–H and O–H groups in total. The Labute approximate surface area is 121 Å².